The van der Waals surface area contributed by atoms with Crippen LogP contribution in [-0.4, -0.2) is 54.3 Å². The highest BCUT2D eigenvalue weighted by molar-refractivity contribution is 5.84. The molecule has 4 N–H and O–H groups in total. The lowest BCUT2D eigenvalue weighted by Crippen LogP contribution is -2.50. The smallest absolute Gasteiger partial charge is 0.223 e. The molecule has 2 amide bonds. The average molecular weight is 387 g/mol. The number of aliphatic hydroxyl groups is 1. The Morgan fingerprint density at radius 3 is 2.89 bits per heavy atom. The zero-order valence-corrected chi connectivity index (χ0v) is 16.2. The molecule has 0 spiro atoms. The Bertz CT molecular complexity index is 804. The molecular formula is C21H29N3O4. The number of hydrogen-bond donors (Lipinski definition) is 4. The molecule has 7 heteroatoms. The molecule has 1 saturated carbocycles. The first-order chi connectivity index (χ1) is 13.6. The number of H-pyrrole nitrogens is 1. The molecule has 3 rings (SSSR count). The maximum absolute atomic E-state index is 12.5. The van der Waals surface area contributed by atoms with Crippen LogP contribution in [0, 0.1) is 5.92 Å². The van der Waals surface area contributed by atoms with E-state index in [-0.39, 0.29) is 43.0 Å². The molecule has 28 heavy (non-hydrogen) atoms. The van der Waals surface area contributed by atoms with Crippen molar-refractivity contribution in [3.8, 4) is 0 Å². The molecule has 0 bridgehead atoms. The van der Waals surface area contributed by atoms with E-state index in [2.05, 4.69) is 21.7 Å². The first-order valence-corrected chi connectivity index (χ1v) is 9.88. The monoisotopic (exact) mass is 387 g/mol. The van der Waals surface area contributed by atoms with Crippen LogP contribution in [0.15, 0.2) is 30.5 Å². The lowest BCUT2D eigenvalue weighted by Gasteiger charge is -2.35. The number of carbonyl (C=O) groups excluding carboxylic acids is 2. The molecule has 0 unspecified atom stereocenters. The zero-order valence-electron chi connectivity index (χ0n) is 16.2. The fourth-order valence-electron chi connectivity index (χ4n) is 4.00. The predicted molar refractivity (Wildman–Crippen MR) is 107 cm³/mol. The van der Waals surface area contributed by atoms with E-state index < -0.39 is 0 Å². The number of rotatable bonds is 8. The molecule has 1 fully saturated rings. The number of fused-ring (bicyclic) bond motifs is 1. The van der Waals surface area contributed by atoms with Crippen molar-refractivity contribution in [1.29, 1.82) is 0 Å². The second-order valence-corrected chi connectivity index (χ2v) is 7.33. The van der Waals surface area contributed by atoms with Gasteiger partial charge in [0.15, 0.2) is 0 Å². The minimum atomic E-state index is -0.181. The zero-order chi connectivity index (χ0) is 19.9. The molecule has 0 aliphatic heterocycles. The van der Waals surface area contributed by atoms with Crippen molar-refractivity contribution in [1.82, 2.24) is 15.6 Å². The van der Waals surface area contributed by atoms with Gasteiger partial charge in [0.2, 0.25) is 11.8 Å². The van der Waals surface area contributed by atoms with Gasteiger partial charge in [0.25, 0.3) is 0 Å². The summed E-state index contributed by atoms with van der Waals surface area (Å²) in [5.41, 5.74) is 2.19. The average Bonchev–Trinajstić information content (AvgIpc) is 3.13. The van der Waals surface area contributed by atoms with E-state index in [1.54, 1.807) is 7.11 Å². The molecule has 0 radical (unpaired) electrons. The van der Waals surface area contributed by atoms with Crippen molar-refractivity contribution < 1.29 is 19.4 Å². The molecule has 152 valence electrons. The van der Waals surface area contributed by atoms with Crippen LogP contribution in [0.3, 0.4) is 0 Å². The summed E-state index contributed by atoms with van der Waals surface area (Å²) in [5.74, 6) is -0.271. The topological polar surface area (TPSA) is 103 Å². The van der Waals surface area contributed by atoms with Gasteiger partial charge < -0.3 is 25.5 Å². The number of aliphatic hydroxyl groups excluding tert-OH is 1. The maximum atomic E-state index is 12.5. The number of methoxy groups -OCH3 is 1. The molecule has 2 aromatic rings. The molecule has 1 heterocycles. The van der Waals surface area contributed by atoms with Crippen molar-refractivity contribution in [2.45, 2.75) is 44.2 Å². The fraction of sp³-hybridized carbons (Fsp3) is 0.524. The van der Waals surface area contributed by atoms with Crippen molar-refractivity contribution >= 4 is 22.7 Å². The molecule has 1 aromatic carbocycles. The Morgan fingerprint density at radius 1 is 1.29 bits per heavy atom. The summed E-state index contributed by atoms with van der Waals surface area (Å²) in [6.07, 6.45) is 4.90. The van der Waals surface area contributed by atoms with Gasteiger partial charge in [-0.25, -0.2) is 0 Å². The van der Waals surface area contributed by atoms with Crippen LogP contribution in [0.5, 0.6) is 0 Å². The number of ether oxygens (including phenoxy) is 1. The van der Waals surface area contributed by atoms with Crippen LogP contribution in [-0.2, 0) is 20.7 Å². The highest BCUT2D eigenvalue weighted by atomic mass is 16.5. The Balaban J connectivity index is 1.55. The summed E-state index contributed by atoms with van der Waals surface area (Å²) in [6.45, 7) is 0.178. The van der Waals surface area contributed by atoms with E-state index in [0.717, 1.165) is 29.3 Å². The lowest BCUT2D eigenvalue weighted by molar-refractivity contribution is -0.130. The molecule has 1 aromatic heterocycles. The number of aryl methyl sites for hydroxylation is 1. The summed E-state index contributed by atoms with van der Waals surface area (Å²) in [7, 11) is 1.64. The van der Waals surface area contributed by atoms with E-state index in [1.165, 1.54) is 0 Å². The summed E-state index contributed by atoms with van der Waals surface area (Å²) < 4.78 is 5.53. The Kier molecular flexibility index (Phi) is 7.06. The highest BCUT2D eigenvalue weighted by Gasteiger charge is 2.34. The normalized spacial score (nSPS) is 22.1. The van der Waals surface area contributed by atoms with Gasteiger partial charge in [-0.2, -0.15) is 0 Å². The van der Waals surface area contributed by atoms with Crippen LogP contribution in [0.25, 0.3) is 10.9 Å². The van der Waals surface area contributed by atoms with Crippen molar-refractivity contribution in [3.05, 3.63) is 36.0 Å². The number of amides is 2. The van der Waals surface area contributed by atoms with E-state index >= 15 is 0 Å². The van der Waals surface area contributed by atoms with E-state index in [0.29, 0.717) is 19.3 Å². The van der Waals surface area contributed by atoms with E-state index in [1.807, 2.05) is 24.4 Å². The quantitative estimate of drug-likeness (QED) is 0.551. The van der Waals surface area contributed by atoms with Gasteiger partial charge in [0, 0.05) is 43.1 Å². The van der Waals surface area contributed by atoms with Crippen LogP contribution in [0.2, 0.25) is 0 Å². The number of benzene rings is 1. The first-order valence-electron chi connectivity index (χ1n) is 9.88. The van der Waals surface area contributed by atoms with Gasteiger partial charge in [0.05, 0.1) is 18.8 Å². The second-order valence-electron chi connectivity index (χ2n) is 7.33. The molecule has 1 aliphatic rings. The van der Waals surface area contributed by atoms with E-state index in [9.17, 15) is 9.59 Å². The number of para-hydroxylation sites is 1. The highest BCUT2D eigenvalue weighted by Crippen LogP contribution is 2.27. The van der Waals surface area contributed by atoms with Crippen LogP contribution in [0.1, 0.15) is 31.2 Å². The molecular weight excluding hydrogens is 358 g/mol. The summed E-state index contributed by atoms with van der Waals surface area (Å²) in [6, 6.07) is 7.87. The van der Waals surface area contributed by atoms with Crippen LogP contribution >= 0.6 is 0 Å². The Hall–Kier alpha value is -2.38. The van der Waals surface area contributed by atoms with Crippen LogP contribution < -0.4 is 10.6 Å². The number of carbonyl (C=O) groups is 2. The van der Waals surface area contributed by atoms with Crippen molar-refractivity contribution in [3.63, 3.8) is 0 Å². The van der Waals surface area contributed by atoms with Gasteiger partial charge >= 0.3 is 0 Å². The van der Waals surface area contributed by atoms with Gasteiger partial charge in [-0.05, 0) is 37.3 Å². The molecule has 1 aliphatic carbocycles. The summed E-state index contributed by atoms with van der Waals surface area (Å²) >= 11 is 0. The van der Waals surface area contributed by atoms with Gasteiger partial charge in [-0.15, -0.1) is 0 Å². The van der Waals surface area contributed by atoms with Gasteiger partial charge in [0.1, 0.15) is 0 Å². The molecule has 0 saturated heterocycles. The lowest BCUT2D eigenvalue weighted by atomic mass is 9.83. The first kappa shape index (κ1) is 20.4. The number of nitrogens with one attached hydrogen (secondary N) is 3. The Morgan fingerprint density at radius 2 is 2.11 bits per heavy atom. The van der Waals surface area contributed by atoms with Crippen LogP contribution in [0.4, 0.5) is 0 Å². The Labute approximate surface area is 164 Å². The van der Waals surface area contributed by atoms with Crippen molar-refractivity contribution in [2.75, 3.05) is 20.3 Å². The summed E-state index contributed by atoms with van der Waals surface area (Å²) in [4.78, 5) is 28.0. The maximum Gasteiger partial charge on any atom is 0.223 e. The number of aromatic nitrogens is 1. The standard InChI is InChI=1S/C21H29N3O4/c1-28-19-8-6-14(21(27)22-10-11-25)12-18(19)24-20(26)9-7-15-13-23-17-5-3-2-4-16(15)17/h2-5,13-14,18-19,23,25H,6-12H2,1H3,(H,22,27)(H,24,26)/t14-,18+,19+/m0/s1. The molecule has 7 nitrogen and oxygen atoms in total. The second kappa shape index (κ2) is 9.71. The minimum Gasteiger partial charge on any atom is -0.395 e. The van der Waals surface area contributed by atoms with E-state index in [4.69, 9.17) is 9.84 Å². The van der Waals surface area contributed by atoms with Crippen molar-refractivity contribution in [2.24, 2.45) is 5.92 Å². The fourth-order valence-corrected chi connectivity index (χ4v) is 4.00. The minimum absolute atomic E-state index is 0.0336. The molecule has 3 atom stereocenters. The SMILES string of the molecule is CO[C@@H]1CC[C@H](C(=O)NCCO)C[C@H]1NC(=O)CCc1c[nH]c2ccccc12. The predicted octanol–water partition coefficient (Wildman–Crippen LogP) is 1.51. The van der Waals surface area contributed by atoms with Gasteiger partial charge in [-0.1, -0.05) is 18.2 Å². The third-order valence-electron chi connectivity index (χ3n) is 5.51. The largest absolute Gasteiger partial charge is 0.395 e. The summed E-state index contributed by atoms with van der Waals surface area (Å²) in [5, 5.41) is 15.8. The number of hydrogen-bond acceptors (Lipinski definition) is 4. The third-order valence-corrected chi connectivity index (χ3v) is 5.51. The third kappa shape index (κ3) is 4.91. The van der Waals surface area contributed by atoms with Gasteiger partial charge in [-0.3, -0.25) is 9.59 Å². The number of aromatic amines is 1.